The average molecular weight is 286 g/mol. The summed E-state index contributed by atoms with van der Waals surface area (Å²) in [6.07, 6.45) is 1.67. The Morgan fingerprint density at radius 3 is 2.94 bits per heavy atom. The maximum absolute atomic E-state index is 5.97. The Bertz CT molecular complexity index is 447. The summed E-state index contributed by atoms with van der Waals surface area (Å²) < 4.78 is 0. The number of hydrogen-bond acceptors (Lipinski definition) is 3. The molecule has 4 N–H and O–H groups in total. The first-order chi connectivity index (χ1) is 8.49. The summed E-state index contributed by atoms with van der Waals surface area (Å²) in [4.78, 5) is 8.24. The molecular weight excluding hydrogens is 270 g/mol. The van der Waals surface area contributed by atoms with Crippen molar-refractivity contribution in [3.63, 3.8) is 0 Å². The number of aromatic nitrogens is 1. The minimum absolute atomic E-state index is 0.116. The van der Waals surface area contributed by atoms with Gasteiger partial charge in [0.15, 0.2) is 11.1 Å². The standard InChI is InChI=1S/C11H16ClN5S/c1-7(2)16-10(13)17-11(18)15-6-9-8(12)4-3-5-14-9/h3-5,7H,6H2,1-2H3,(H4,13,15,16,17,18). The second-order valence-electron chi connectivity index (χ2n) is 3.85. The summed E-state index contributed by atoms with van der Waals surface area (Å²) in [5.74, 6) is 0.287. The van der Waals surface area contributed by atoms with E-state index in [1.807, 2.05) is 13.8 Å². The molecular formula is C11H16ClN5S. The lowest BCUT2D eigenvalue weighted by Crippen LogP contribution is -2.43. The smallest absolute Gasteiger partial charge is 0.195 e. The lowest BCUT2D eigenvalue weighted by Gasteiger charge is -2.10. The van der Waals surface area contributed by atoms with Crippen LogP contribution in [-0.4, -0.2) is 22.1 Å². The molecule has 0 aliphatic rings. The number of nitrogens with one attached hydrogen (secondary N) is 2. The first-order valence-corrected chi connectivity index (χ1v) is 6.25. The van der Waals surface area contributed by atoms with Gasteiger partial charge in [0.25, 0.3) is 0 Å². The van der Waals surface area contributed by atoms with Gasteiger partial charge >= 0.3 is 0 Å². The molecule has 1 aromatic rings. The quantitative estimate of drug-likeness (QED) is 0.445. The number of pyridine rings is 1. The summed E-state index contributed by atoms with van der Waals surface area (Å²) in [7, 11) is 0. The fraction of sp³-hybridized carbons (Fsp3) is 0.364. The van der Waals surface area contributed by atoms with Crippen LogP contribution in [0.2, 0.25) is 5.02 Å². The summed E-state index contributed by atoms with van der Waals surface area (Å²) >= 11 is 11.0. The lowest BCUT2D eigenvalue weighted by molar-refractivity contribution is 0.822. The summed E-state index contributed by atoms with van der Waals surface area (Å²) in [6.45, 7) is 4.29. The van der Waals surface area contributed by atoms with Gasteiger partial charge in [-0.15, -0.1) is 0 Å². The molecule has 18 heavy (non-hydrogen) atoms. The van der Waals surface area contributed by atoms with Crippen molar-refractivity contribution in [2.45, 2.75) is 26.4 Å². The van der Waals surface area contributed by atoms with Crippen LogP contribution in [0.5, 0.6) is 0 Å². The van der Waals surface area contributed by atoms with Crippen LogP contribution in [-0.2, 0) is 6.54 Å². The second-order valence-corrected chi connectivity index (χ2v) is 4.66. The Balaban J connectivity index is 2.45. The third-order valence-corrected chi connectivity index (χ3v) is 2.48. The van der Waals surface area contributed by atoms with Crippen molar-refractivity contribution in [2.75, 3.05) is 0 Å². The molecule has 0 saturated heterocycles. The van der Waals surface area contributed by atoms with Crippen molar-refractivity contribution in [3.05, 3.63) is 29.0 Å². The van der Waals surface area contributed by atoms with Gasteiger partial charge < -0.3 is 16.4 Å². The molecule has 0 radical (unpaired) electrons. The van der Waals surface area contributed by atoms with Crippen LogP contribution in [0.3, 0.4) is 0 Å². The van der Waals surface area contributed by atoms with Crippen LogP contribution in [0.15, 0.2) is 23.3 Å². The van der Waals surface area contributed by atoms with Crippen LogP contribution >= 0.6 is 23.8 Å². The van der Waals surface area contributed by atoms with Crippen LogP contribution in [0.25, 0.3) is 0 Å². The number of halogens is 1. The van der Waals surface area contributed by atoms with E-state index in [0.29, 0.717) is 16.7 Å². The molecule has 0 bridgehead atoms. The molecule has 0 aliphatic carbocycles. The monoisotopic (exact) mass is 285 g/mol. The molecule has 0 fully saturated rings. The number of thiocarbonyl (C=S) groups is 1. The minimum Gasteiger partial charge on any atom is -0.370 e. The van der Waals surface area contributed by atoms with Crippen LogP contribution in [0.1, 0.15) is 19.5 Å². The van der Waals surface area contributed by atoms with E-state index in [1.165, 1.54) is 0 Å². The topological polar surface area (TPSA) is 75.3 Å². The molecule has 7 heteroatoms. The normalized spacial score (nSPS) is 11.4. The van der Waals surface area contributed by atoms with E-state index in [4.69, 9.17) is 29.6 Å². The Kier molecular flexibility index (Phi) is 5.80. The van der Waals surface area contributed by atoms with E-state index in [1.54, 1.807) is 18.3 Å². The molecule has 0 unspecified atom stereocenters. The number of rotatable bonds is 3. The van der Waals surface area contributed by atoms with Gasteiger partial charge in [0.2, 0.25) is 0 Å². The van der Waals surface area contributed by atoms with E-state index >= 15 is 0 Å². The molecule has 5 nitrogen and oxygen atoms in total. The SMILES string of the molecule is CC(C)N=C(N)NC(=S)NCc1ncccc1Cl. The van der Waals surface area contributed by atoms with Gasteiger partial charge in [-0.3, -0.25) is 9.98 Å². The third-order valence-electron chi connectivity index (χ3n) is 1.89. The van der Waals surface area contributed by atoms with E-state index in [9.17, 15) is 0 Å². The molecule has 0 saturated carbocycles. The maximum Gasteiger partial charge on any atom is 0.195 e. The predicted octanol–water partition coefficient (Wildman–Crippen LogP) is 1.42. The largest absolute Gasteiger partial charge is 0.370 e. The highest BCUT2D eigenvalue weighted by atomic mass is 35.5. The number of nitrogens with zero attached hydrogens (tertiary/aromatic N) is 2. The van der Waals surface area contributed by atoms with Crippen LogP contribution in [0.4, 0.5) is 0 Å². The minimum atomic E-state index is 0.116. The van der Waals surface area contributed by atoms with E-state index < -0.39 is 0 Å². The van der Waals surface area contributed by atoms with E-state index in [0.717, 1.165) is 5.69 Å². The van der Waals surface area contributed by atoms with Crippen molar-refractivity contribution in [1.82, 2.24) is 15.6 Å². The van der Waals surface area contributed by atoms with Crippen LogP contribution < -0.4 is 16.4 Å². The highest BCUT2D eigenvalue weighted by molar-refractivity contribution is 7.80. The molecule has 0 spiro atoms. The van der Waals surface area contributed by atoms with E-state index in [-0.39, 0.29) is 12.0 Å². The summed E-state index contributed by atoms with van der Waals surface area (Å²) in [5, 5.41) is 6.72. The Hall–Kier alpha value is -1.40. The fourth-order valence-electron chi connectivity index (χ4n) is 1.18. The lowest BCUT2D eigenvalue weighted by atomic mass is 10.3. The predicted molar refractivity (Wildman–Crippen MR) is 78.6 cm³/mol. The van der Waals surface area contributed by atoms with Gasteiger partial charge in [0, 0.05) is 12.2 Å². The van der Waals surface area contributed by atoms with Gasteiger partial charge in [-0.1, -0.05) is 11.6 Å². The second kappa shape index (κ2) is 7.13. The number of aliphatic imine (C=N–C) groups is 1. The molecule has 0 amide bonds. The summed E-state index contributed by atoms with van der Waals surface area (Å²) in [6, 6.07) is 3.66. The average Bonchev–Trinajstić information content (AvgIpc) is 2.26. The van der Waals surface area contributed by atoms with Crippen molar-refractivity contribution < 1.29 is 0 Å². The zero-order valence-corrected chi connectivity index (χ0v) is 11.8. The zero-order chi connectivity index (χ0) is 13.5. The molecule has 1 heterocycles. The Labute approximate surface area is 117 Å². The molecule has 0 aliphatic heterocycles. The van der Waals surface area contributed by atoms with Crippen LogP contribution in [0, 0.1) is 0 Å². The highest BCUT2D eigenvalue weighted by Gasteiger charge is 2.03. The molecule has 1 rings (SSSR count). The van der Waals surface area contributed by atoms with Gasteiger partial charge in [-0.25, -0.2) is 0 Å². The Morgan fingerprint density at radius 1 is 1.61 bits per heavy atom. The number of guanidine groups is 1. The first kappa shape index (κ1) is 14.7. The molecule has 0 atom stereocenters. The molecule has 98 valence electrons. The van der Waals surface area contributed by atoms with Gasteiger partial charge in [-0.2, -0.15) is 0 Å². The fourth-order valence-corrected chi connectivity index (χ4v) is 1.55. The van der Waals surface area contributed by atoms with Gasteiger partial charge in [0.1, 0.15) is 0 Å². The van der Waals surface area contributed by atoms with Crippen molar-refractivity contribution in [3.8, 4) is 0 Å². The van der Waals surface area contributed by atoms with Gasteiger partial charge in [0.05, 0.1) is 17.3 Å². The van der Waals surface area contributed by atoms with Crippen molar-refractivity contribution in [1.29, 1.82) is 0 Å². The Morgan fingerprint density at radius 2 is 2.33 bits per heavy atom. The zero-order valence-electron chi connectivity index (χ0n) is 10.3. The first-order valence-electron chi connectivity index (χ1n) is 5.46. The number of hydrogen-bond donors (Lipinski definition) is 3. The van der Waals surface area contributed by atoms with Crippen molar-refractivity contribution >= 4 is 34.9 Å². The van der Waals surface area contributed by atoms with Gasteiger partial charge in [-0.05, 0) is 38.2 Å². The molecule has 0 aromatic carbocycles. The maximum atomic E-state index is 5.97. The van der Waals surface area contributed by atoms with E-state index in [2.05, 4.69) is 20.6 Å². The highest BCUT2D eigenvalue weighted by Crippen LogP contribution is 2.11. The summed E-state index contributed by atoms with van der Waals surface area (Å²) in [5.41, 5.74) is 6.37. The number of nitrogens with two attached hydrogens (primary N) is 1. The van der Waals surface area contributed by atoms with Crippen molar-refractivity contribution in [2.24, 2.45) is 10.7 Å². The third kappa shape index (κ3) is 5.29. The molecule has 1 aromatic heterocycles.